The molecule has 4 rings (SSSR count). The molecule has 1 fully saturated rings. The molecule has 192 valence electrons. The van der Waals surface area contributed by atoms with Crippen LogP contribution in [0.5, 0.6) is 11.5 Å². The fraction of sp³-hybridized carbons (Fsp3) is 0.321. The van der Waals surface area contributed by atoms with Crippen LogP contribution < -0.4 is 9.47 Å². The van der Waals surface area contributed by atoms with Crippen LogP contribution >= 0.6 is 23.7 Å². The van der Waals surface area contributed by atoms with E-state index >= 15 is 0 Å². The van der Waals surface area contributed by atoms with Gasteiger partial charge in [0.25, 0.3) is 0 Å². The van der Waals surface area contributed by atoms with Crippen molar-refractivity contribution >= 4 is 29.6 Å². The lowest BCUT2D eigenvalue weighted by Gasteiger charge is -2.36. The Morgan fingerprint density at radius 1 is 0.833 bits per heavy atom. The second kappa shape index (κ2) is 14.7. The molecule has 1 N–H and O–H groups in total. The number of hydrogen-bond acceptors (Lipinski definition) is 5. The molecule has 0 aliphatic carbocycles. The largest absolute Gasteiger partial charge is 0.492 e. The number of rotatable bonds is 8. The lowest BCUT2D eigenvalue weighted by atomic mass is 10.1. The van der Waals surface area contributed by atoms with Gasteiger partial charge in [-0.3, -0.25) is 10.3 Å². The van der Waals surface area contributed by atoms with E-state index in [9.17, 15) is 0 Å². The Labute approximate surface area is 224 Å². The van der Waals surface area contributed by atoms with Crippen LogP contribution in [0.2, 0.25) is 0 Å². The van der Waals surface area contributed by atoms with Crippen LogP contribution in [0.25, 0.3) is 0 Å². The molecule has 6 nitrogen and oxygen atoms in total. The summed E-state index contributed by atoms with van der Waals surface area (Å²) in [5, 5.41) is 8.71. The van der Waals surface area contributed by atoms with Crippen LogP contribution in [-0.4, -0.2) is 55.0 Å². The minimum Gasteiger partial charge on any atom is -0.492 e. The van der Waals surface area contributed by atoms with Gasteiger partial charge in [0.05, 0.1) is 23.7 Å². The predicted octanol–water partition coefficient (Wildman–Crippen LogP) is 6.22. The van der Waals surface area contributed by atoms with Gasteiger partial charge in [0.1, 0.15) is 30.5 Å². The molecule has 1 saturated heterocycles. The molecule has 1 aliphatic heterocycles. The van der Waals surface area contributed by atoms with E-state index in [0.29, 0.717) is 19.0 Å². The number of amidine groups is 1. The molecule has 0 atom stereocenters. The quantitative estimate of drug-likeness (QED) is 0.277. The number of ether oxygens (including phenoxy) is 2. The van der Waals surface area contributed by atoms with Crippen molar-refractivity contribution in [2.24, 2.45) is 0 Å². The van der Waals surface area contributed by atoms with Gasteiger partial charge < -0.3 is 14.4 Å². The highest BCUT2D eigenvalue weighted by atomic mass is 35.6. The highest BCUT2D eigenvalue weighted by Crippen LogP contribution is 2.22. The monoisotopic (exact) mass is 529 g/mol. The van der Waals surface area contributed by atoms with Crippen molar-refractivity contribution in [1.82, 2.24) is 9.80 Å². The zero-order valence-corrected chi connectivity index (χ0v) is 22.3. The number of benzene rings is 3. The number of aryl methyl sites for hydroxylation is 2. The molecule has 0 bridgehead atoms. The minimum atomic E-state index is 0.528. The first-order chi connectivity index (χ1) is 17.5. The Morgan fingerprint density at radius 3 is 2.14 bits per heavy atom. The Kier molecular flexibility index (Phi) is 11.4. The molecular weight excluding hydrogens is 497 g/mol. The predicted molar refractivity (Wildman–Crippen MR) is 146 cm³/mol. The zero-order valence-electron chi connectivity index (χ0n) is 20.8. The summed E-state index contributed by atoms with van der Waals surface area (Å²) in [5.74, 6) is 2.36. The Bertz CT molecular complexity index is 1070. The van der Waals surface area contributed by atoms with E-state index in [1.807, 2.05) is 42.5 Å². The van der Waals surface area contributed by atoms with E-state index in [0.717, 1.165) is 55.3 Å². The van der Waals surface area contributed by atoms with Crippen LogP contribution in [0.1, 0.15) is 22.3 Å². The molecule has 1 aliphatic rings. The fourth-order valence-electron chi connectivity index (χ4n) is 4.16. The van der Waals surface area contributed by atoms with Gasteiger partial charge in [0, 0.05) is 38.3 Å². The summed E-state index contributed by atoms with van der Waals surface area (Å²) < 4.78 is 15.2. The summed E-state index contributed by atoms with van der Waals surface area (Å²) in [5.41, 5.74) is 4.40. The van der Waals surface area contributed by atoms with Crippen LogP contribution in [0, 0.1) is 19.3 Å². The summed E-state index contributed by atoms with van der Waals surface area (Å²) in [4.78, 5) is 4.57. The van der Waals surface area contributed by atoms with Crippen LogP contribution in [-0.2, 0) is 10.4 Å². The molecule has 0 spiro atoms. The summed E-state index contributed by atoms with van der Waals surface area (Å²) in [7, 11) is 0. The van der Waals surface area contributed by atoms with Gasteiger partial charge in [0.2, 0.25) is 0 Å². The molecular formula is C28H33Cl2N3O3. The average Bonchev–Trinajstić information content (AvgIpc) is 2.90. The van der Waals surface area contributed by atoms with Gasteiger partial charge in [-0.15, -0.1) is 0 Å². The number of halogens is 2. The van der Waals surface area contributed by atoms with E-state index < -0.39 is 0 Å². The van der Waals surface area contributed by atoms with Gasteiger partial charge in [-0.05, 0) is 42.7 Å². The number of piperazine rings is 1. The van der Waals surface area contributed by atoms with Crippen molar-refractivity contribution in [1.29, 1.82) is 5.41 Å². The third-order valence-electron chi connectivity index (χ3n) is 6.11. The third-order valence-corrected chi connectivity index (χ3v) is 6.11. The number of para-hydroxylation sites is 1. The van der Waals surface area contributed by atoms with Crippen LogP contribution in [0.4, 0.5) is 0 Å². The van der Waals surface area contributed by atoms with E-state index in [1.165, 1.54) is 11.1 Å². The van der Waals surface area contributed by atoms with Gasteiger partial charge >= 0.3 is 0 Å². The molecule has 1 heterocycles. The van der Waals surface area contributed by atoms with E-state index in [1.54, 1.807) is 0 Å². The fourth-order valence-corrected chi connectivity index (χ4v) is 4.16. The standard InChI is InChI=1S/C28H33N3O2.Cl2O/c1-22-8-6-9-23(2)27(22)32-19-18-30-14-16-31(17-15-30)28(29)25-12-7-13-26(20-25)33-21-24-10-4-3-5-11-24;1-3-2/h3-13,20,29H,14-19,21H2,1-2H3;. The van der Waals surface area contributed by atoms with Crippen molar-refractivity contribution in [3.8, 4) is 11.5 Å². The first-order valence-electron chi connectivity index (χ1n) is 11.9. The summed E-state index contributed by atoms with van der Waals surface area (Å²) in [6.07, 6.45) is 0. The maximum Gasteiger partial charge on any atom is 0.128 e. The molecule has 0 amide bonds. The molecule has 3 aromatic carbocycles. The Hall–Kier alpha value is -2.77. The van der Waals surface area contributed by atoms with Crippen molar-refractivity contribution in [3.63, 3.8) is 0 Å². The van der Waals surface area contributed by atoms with Gasteiger partial charge in [0.15, 0.2) is 0 Å². The van der Waals surface area contributed by atoms with E-state index in [2.05, 4.69) is 81.6 Å². The average molecular weight is 530 g/mol. The molecule has 0 radical (unpaired) electrons. The first-order valence-corrected chi connectivity index (χ1v) is 12.5. The van der Waals surface area contributed by atoms with Crippen LogP contribution in [0.3, 0.4) is 0 Å². The third kappa shape index (κ3) is 8.42. The highest BCUT2D eigenvalue weighted by Gasteiger charge is 2.20. The van der Waals surface area contributed by atoms with Crippen LogP contribution in [0.15, 0.2) is 72.8 Å². The van der Waals surface area contributed by atoms with Crippen molar-refractivity contribution < 1.29 is 13.3 Å². The van der Waals surface area contributed by atoms with Gasteiger partial charge in [-0.2, -0.15) is 3.84 Å². The first kappa shape index (κ1) is 27.8. The molecule has 8 heteroatoms. The van der Waals surface area contributed by atoms with Crippen molar-refractivity contribution in [2.45, 2.75) is 20.5 Å². The summed E-state index contributed by atoms with van der Waals surface area (Å²) in [6.45, 7) is 9.85. The Balaban J connectivity index is 0.00000115. The van der Waals surface area contributed by atoms with Gasteiger partial charge in [-0.25, -0.2) is 0 Å². The maximum atomic E-state index is 8.71. The summed E-state index contributed by atoms with van der Waals surface area (Å²) in [6, 6.07) is 24.3. The smallest absolute Gasteiger partial charge is 0.128 e. The second-order valence-electron chi connectivity index (χ2n) is 8.61. The second-order valence-corrected chi connectivity index (χ2v) is 9.07. The summed E-state index contributed by atoms with van der Waals surface area (Å²) >= 11 is 8.53. The molecule has 0 saturated carbocycles. The minimum absolute atomic E-state index is 0.528. The highest BCUT2D eigenvalue weighted by molar-refractivity contribution is 6.24. The van der Waals surface area contributed by atoms with Gasteiger partial charge in [-0.1, -0.05) is 60.7 Å². The van der Waals surface area contributed by atoms with E-state index in [4.69, 9.17) is 14.9 Å². The van der Waals surface area contributed by atoms with Crippen molar-refractivity contribution in [2.75, 3.05) is 39.3 Å². The lowest BCUT2D eigenvalue weighted by molar-refractivity contribution is 0.153. The number of nitrogens with zero attached hydrogens (tertiary/aromatic N) is 2. The molecule has 3 aromatic rings. The normalized spacial score (nSPS) is 13.5. The zero-order chi connectivity index (χ0) is 25.8. The lowest BCUT2D eigenvalue weighted by Crippen LogP contribution is -2.49. The molecule has 36 heavy (non-hydrogen) atoms. The molecule has 0 unspecified atom stereocenters. The maximum absolute atomic E-state index is 8.71. The number of nitrogens with one attached hydrogen (secondary N) is 1. The SMILES string of the molecule is Cc1cccc(C)c1OCCN1CCN(C(=N)c2cccc(OCc3ccccc3)c2)CC1.ClOCl. The molecule has 0 aromatic heterocycles. The Morgan fingerprint density at radius 2 is 1.47 bits per heavy atom. The van der Waals surface area contributed by atoms with E-state index in [-0.39, 0.29) is 0 Å². The topological polar surface area (TPSA) is 58.0 Å². The van der Waals surface area contributed by atoms with Crippen molar-refractivity contribution in [3.05, 3.63) is 95.1 Å². The number of hydrogen-bond donors (Lipinski definition) is 1.